The number of ether oxygens (including phenoxy) is 4. The lowest BCUT2D eigenvalue weighted by Crippen LogP contribution is -2.52. The van der Waals surface area contributed by atoms with E-state index in [1.807, 2.05) is 0 Å². The predicted molar refractivity (Wildman–Crippen MR) is 106 cm³/mol. The Bertz CT molecular complexity index is 1020. The number of nitrogens with zero attached hydrogens (tertiary/aromatic N) is 1. The molecule has 2 aromatic carbocycles. The lowest BCUT2D eigenvalue weighted by molar-refractivity contribution is -0.212. The highest BCUT2D eigenvalue weighted by atomic mass is 16.8. The monoisotopic (exact) mass is 423 g/mol. The van der Waals surface area contributed by atoms with E-state index < -0.39 is 48.1 Å². The minimum Gasteiger partial charge on any atom is -0.459 e. The molecule has 8 nitrogen and oxygen atoms in total. The smallest absolute Gasteiger partial charge is 0.338 e. The van der Waals surface area contributed by atoms with Crippen LogP contribution in [0.25, 0.3) is 0 Å². The quantitative estimate of drug-likeness (QED) is 0.551. The normalized spacial score (nSPS) is 28.5. The first-order chi connectivity index (χ1) is 14.9. The average molecular weight is 423 g/mol. The van der Waals surface area contributed by atoms with Crippen molar-refractivity contribution in [2.45, 2.75) is 44.2 Å². The summed E-state index contributed by atoms with van der Waals surface area (Å²) in [6.45, 7) is 3.31. The molecule has 8 heteroatoms. The largest absolute Gasteiger partial charge is 0.459 e. The summed E-state index contributed by atoms with van der Waals surface area (Å²) in [5.74, 6) is -2.31. The van der Waals surface area contributed by atoms with Crippen LogP contribution >= 0.6 is 0 Å². The summed E-state index contributed by atoms with van der Waals surface area (Å²) in [4.78, 5) is 39.7. The van der Waals surface area contributed by atoms with Gasteiger partial charge in [-0.2, -0.15) is 0 Å². The van der Waals surface area contributed by atoms with E-state index in [4.69, 9.17) is 18.9 Å². The van der Waals surface area contributed by atoms with Crippen molar-refractivity contribution < 1.29 is 33.3 Å². The van der Waals surface area contributed by atoms with Gasteiger partial charge in [-0.1, -0.05) is 30.3 Å². The summed E-state index contributed by atoms with van der Waals surface area (Å²) in [7, 11) is 0. The van der Waals surface area contributed by atoms with Crippen LogP contribution in [0.5, 0.6) is 0 Å². The predicted octanol–water partition coefficient (Wildman–Crippen LogP) is 2.38. The lowest BCUT2D eigenvalue weighted by atomic mass is 10.1. The van der Waals surface area contributed by atoms with Gasteiger partial charge in [-0.3, -0.25) is 14.5 Å². The zero-order valence-electron chi connectivity index (χ0n) is 17.0. The van der Waals surface area contributed by atoms with Crippen molar-refractivity contribution in [2.75, 3.05) is 6.61 Å². The summed E-state index contributed by atoms with van der Waals surface area (Å²) in [5, 5.41) is 0. The number of hydrogen-bond donors (Lipinski definition) is 0. The van der Waals surface area contributed by atoms with Crippen LogP contribution in [0, 0.1) is 0 Å². The van der Waals surface area contributed by atoms with E-state index in [2.05, 4.69) is 0 Å². The van der Waals surface area contributed by atoms with E-state index in [-0.39, 0.29) is 6.61 Å². The first-order valence-electron chi connectivity index (χ1n) is 10.1. The molecule has 2 fully saturated rings. The van der Waals surface area contributed by atoms with Crippen LogP contribution in [0.1, 0.15) is 44.9 Å². The van der Waals surface area contributed by atoms with Crippen molar-refractivity contribution in [3.63, 3.8) is 0 Å². The van der Waals surface area contributed by atoms with Crippen LogP contribution in [0.2, 0.25) is 0 Å². The van der Waals surface area contributed by atoms with Crippen LogP contribution in [0.15, 0.2) is 54.6 Å². The van der Waals surface area contributed by atoms with E-state index in [1.165, 1.54) is 0 Å². The molecule has 31 heavy (non-hydrogen) atoms. The summed E-state index contributed by atoms with van der Waals surface area (Å²) in [6, 6.07) is 14.4. The minimum atomic E-state index is -0.933. The Kier molecular flexibility index (Phi) is 4.65. The number of fused-ring (bicyclic) bond motifs is 2. The second kappa shape index (κ2) is 7.26. The first kappa shape index (κ1) is 19.9. The molecule has 160 valence electrons. The maximum absolute atomic E-state index is 13.1. The van der Waals surface area contributed by atoms with Crippen molar-refractivity contribution in [1.82, 2.24) is 4.90 Å². The molecular weight excluding hydrogens is 402 g/mol. The van der Waals surface area contributed by atoms with Crippen molar-refractivity contribution in [3.8, 4) is 0 Å². The number of amides is 2. The molecule has 2 saturated heterocycles. The molecule has 0 spiro atoms. The third kappa shape index (κ3) is 3.33. The molecule has 0 saturated carbocycles. The van der Waals surface area contributed by atoms with Gasteiger partial charge < -0.3 is 18.9 Å². The Morgan fingerprint density at radius 3 is 2.23 bits per heavy atom. The first-order valence-corrected chi connectivity index (χ1v) is 10.1. The van der Waals surface area contributed by atoms with Gasteiger partial charge in [-0.15, -0.1) is 0 Å². The Labute approximate surface area is 178 Å². The Hall–Kier alpha value is -3.07. The van der Waals surface area contributed by atoms with Crippen molar-refractivity contribution in [2.24, 2.45) is 0 Å². The number of hydrogen-bond acceptors (Lipinski definition) is 7. The van der Waals surface area contributed by atoms with Crippen LogP contribution in [0.4, 0.5) is 0 Å². The van der Waals surface area contributed by atoms with Crippen LogP contribution in [-0.4, -0.2) is 59.6 Å². The molecule has 0 aromatic heterocycles. The Morgan fingerprint density at radius 1 is 0.968 bits per heavy atom. The second-order valence-electron chi connectivity index (χ2n) is 8.12. The fourth-order valence-corrected chi connectivity index (χ4v) is 4.30. The van der Waals surface area contributed by atoms with Gasteiger partial charge in [0.1, 0.15) is 24.9 Å². The van der Waals surface area contributed by atoms with E-state index in [0.717, 1.165) is 4.90 Å². The third-order valence-electron chi connectivity index (χ3n) is 5.63. The molecule has 2 aromatic rings. The molecule has 2 amide bonds. The third-order valence-corrected chi connectivity index (χ3v) is 5.63. The fraction of sp³-hybridized carbons (Fsp3) is 0.348. The summed E-state index contributed by atoms with van der Waals surface area (Å²) < 4.78 is 23.2. The second-order valence-corrected chi connectivity index (χ2v) is 8.12. The van der Waals surface area contributed by atoms with Gasteiger partial charge in [0.05, 0.1) is 16.7 Å². The van der Waals surface area contributed by atoms with Gasteiger partial charge in [0.2, 0.25) is 0 Å². The van der Waals surface area contributed by atoms with Crippen molar-refractivity contribution in [1.29, 1.82) is 0 Å². The minimum absolute atomic E-state index is 0.161. The SMILES string of the molecule is CC1(C)OC2OC(COC(=O)c3ccccc3)C(N3C(=O)c4ccccc4C3=O)C2O1. The fourth-order valence-electron chi connectivity index (χ4n) is 4.30. The topological polar surface area (TPSA) is 91.4 Å². The molecule has 3 aliphatic heterocycles. The summed E-state index contributed by atoms with van der Waals surface area (Å²) in [6.07, 6.45) is -2.27. The van der Waals surface area contributed by atoms with E-state index in [9.17, 15) is 14.4 Å². The van der Waals surface area contributed by atoms with Crippen molar-refractivity contribution in [3.05, 3.63) is 71.3 Å². The zero-order chi connectivity index (χ0) is 21.8. The molecular formula is C23H21NO7. The average Bonchev–Trinajstić information content (AvgIpc) is 3.32. The number of carbonyl (C=O) groups is 3. The van der Waals surface area contributed by atoms with Crippen LogP contribution in [-0.2, 0) is 18.9 Å². The van der Waals surface area contributed by atoms with E-state index >= 15 is 0 Å². The highest BCUT2D eigenvalue weighted by Gasteiger charge is 2.60. The van der Waals surface area contributed by atoms with Gasteiger partial charge >= 0.3 is 5.97 Å². The molecule has 0 bridgehead atoms. The number of esters is 1. The summed E-state index contributed by atoms with van der Waals surface area (Å²) >= 11 is 0. The number of rotatable bonds is 4. The molecule has 4 unspecified atom stereocenters. The molecule has 3 heterocycles. The standard InChI is InChI=1S/C23H21NO7/c1-23(2)30-18-17(24-19(25)14-10-6-7-11-15(14)20(24)26)16(29-22(18)31-23)12-28-21(27)13-8-4-3-5-9-13/h3-11,16-18,22H,12H2,1-2H3. The highest BCUT2D eigenvalue weighted by Crippen LogP contribution is 2.41. The number of carbonyl (C=O) groups excluding carboxylic acids is 3. The van der Waals surface area contributed by atoms with E-state index in [1.54, 1.807) is 68.4 Å². The van der Waals surface area contributed by atoms with Gasteiger partial charge in [0.25, 0.3) is 11.8 Å². The van der Waals surface area contributed by atoms with Crippen LogP contribution < -0.4 is 0 Å². The van der Waals surface area contributed by atoms with Gasteiger partial charge in [-0.05, 0) is 38.1 Å². The number of imide groups is 1. The highest BCUT2D eigenvalue weighted by molar-refractivity contribution is 6.21. The van der Waals surface area contributed by atoms with Gasteiger partial charge in [-0.25, -0.2) is 4.79 Å². The zero-order valence-corrected chi connectivity index (χ0v) is 17.0. The van der Waals surface area contributed by atoms with Crippen LogP contribution in [0.3, 0.4) is 0 Å². The van der Waals surface area contributed by atoms with E-state index in [0.29, 0.717) is 16.7 Å². The Morgan fingerprint density at radius 2 is 1.58 bits per heavy atom. The summed E-state index contributed by atoms with van der Waals surface area (Å²) in [5.41, 5.74) is 1.05. The van der Waals surface area contributed by atoms with Crippen molar-refractivity contribution >= 4 is 17.8 Å². The molecule has 0 aliphatic carbocycles. The van der Waals surface area contributed by atoms with Gasteiger partial charge in [0.15, 0.2) is 12.1 Å². The molecule has 4 atom stereocenters. The Balaban J connectivity index is 1.41. The van der Waals surface area contributed by atoms with Gasteiger partial charge in [0, 0.05) is 0 Å². The molecule has 5 rings (SSSR count). The molecule has 3 aliphatic rings. The number of benzene rings is 2. The lowest BCUT2D eigenvalue weighted by Gasteiger charge is -2.30. The molecule has 0 N–H and O–H groups in total. The molecule has 0 radical (unpaired) electrons. The maximum atomic E-state index is 13.1. The maximum Gasteiger partial charge on any atom is 0.338 e.